The molecule has 4 atom stereocenters. The van der Waals surface area contributed by atoms with Crippen molar-refractivity contribution in [2.45, 2.75) is 64.1 Å². The molecule has 19 heavy (non-hydrogen) atoms. The number of amides is 1. The van der Waals surface area contributed by atoms with Gasteiger partial charge in [0.15, 0.2) is 0 Å². The van der Waals surface area contributed by atoms with Crippen LogP contribution < -0.4 is 11.1 Å². The molecule has 4 heteroatoms. The second-order valence-electron chi connectivity index (χ2n) is 6.28. The lowest BCUT2D eigenvalue weighted by Gasteiger charge is -2.26. The average Bonchev–Trinajstić information content (AvgIpc) is 2.87. The van der Waals surface area contributed by atoms with Gasteiger partial charge in [-0.25, -0.2) is 0 Å². The Balaban J connectivity index is 1.61. The molecule has 1 aliphatic carbocycles. The van der Waals surface area contributed by atoms with E-state index in [1.807, 2.05) is 0 Å². The van der Waals surface area contributed by atoms with Gasteiger partial charge in [-0.05, 0) is 37.5 Å². The molecular formula is C15H28N2O2. The Hall–Kier alpha value is -0.610. The van der Waals surface area contributed by atoms with Gasteiger partial charge in [0.1, 0.15) is 6.10 Å². The monoisotopic (exact) mass is 268 g/mol. The maximum Gasteiger partial charge on any atom is 0.249 e. The summed E-state index contributed by atoms with van der Waals surface area (Å²) in [5.41, 5.74) is 5.55. The Labute approximate surface area is 116 Å². The minimum Gasteiger partial charge on any atom is -0.364 e. The van der Waals surface area contributed by atoms with Crippen molar-refractivity contribution < 1.29 is 9.53 Å². The third kappa shape index (κ3) is 4.46. The predicted molar refractivity (Wildman–Crippen MR) is 75.7 cm³/mol. The van der Waals surface area contributed by atoms with Crippen LogP contribution in [0.1, 0.15) is 51.9 Å². The Morgan fingerprint density at radius 3 is 2.84 bits per heavy atom. The van der Waals surface area contributed by atoms with Crippen molar-refractivity contribution in [2.24, 2.45) is 17.6 Å². The lowest BCUT2D eigenvalue weighted by atomic mass is 9.81. The van der Waals surface area contributed by atoms with Crippen molar-refractivity contribution >= 4 is 5.91 Å². The van der Waals surface area contributed by atoms with E-state index in [1.165, 1.54) is 25.7 Å². The second kappa shape index (κ2) is 7.25. The Kier molecular flexibility index (Phi) is 5.64. The molecule has 1 saturated carbocycles. The molecule has 2 aliphatic rings. The molecule has 0 aromatic rings. The molecule has 0 aromatic heterocycles. The molecule has 0 bridgehead atoms. The van der Waals surface area contributed by atoms with E-state index >= 15 is 0 Å². The van der Waals surface area contributed by atoms with Gasteiger partial charge in [0.2, 0.25) is 5.91 Å². The minimum atomic E-state index is -0.265. The normalized spacial score (nSPS) is 35.3. The van der Waals surface area contributed by atoms with Crippen molar-refractivity contribution in [2.75, 3.05) is 13.1 Å². The van der Waals surface area contributed by atoms with E-state index in [2.05, 4.69) is 12.2 Å². The highest BCUT2D eigenvalue weighted by atomic mass is 16.5. The SMILES string of the molecule is CC1CCCC(CCNC(=O)C2CCC(CN)O2)C1. The first-order valence-electron chi connectivity index (χ1n) is 7.82. The van der Waals surface area contributed by atoms with Crippen LogP contribution in [0.2, 0.25) is 0 Å². The summed E-state index contributed by atoms with van der Waals surface area (Å²) in [5.74, 6) is 1.71. The fourth-order valence-corrected chi connectivity index (χ4v) is 3.41. The summed E-state index contributed by atoms with van der Waals surface area (Å²) in [6, 6.07) is 0. The van der Waals surface area contributed by atoms with Crippen molar-refractivity contribution in [3.8, 4) is 0 Å². The van der Waals surface area contributed by atoms with E-state index in [4.69, 9.17) is 10.5 Å². The number of nitrogens with two attached hydrogens (primary N) is 1. The summed E-state index contributed by atoms with van der Waals surface area (Å²) in [5, 5.41) is 3.03. The highest BCUT2D eigenvalue weighted by molar-refractivity contribution is 5.80. The number of hydrogen-bond acceptors (Lipinski definition) is 3. The molecule has 1 heterocycles. The molecule has 1 aliphatic heterocycles. The zero-order chi connectivity index (χ0) is 13.7. The Morgan fingerprint density at radius 1 is 1.32 bits per heavy atom. The lowest BCUT2D eigenvalue weighted by Crippen LogP contribution is -2.36. The minimum absolute atomic E-state index is 0.0554. The van der Waals surface area contributed by atoms with Gasteiger partial charge in [-0.3, -0.25) is 4.79 Å². The average molecular weight is 268 g/mol. The molecule has 110 valence electrons. The Morgan fingerprint density at radius 2 is 2.16 bits per heavy atom. The molecule has 0 spiro atoms. The Bertz CT molecular complexity index is 296. The number of carbonyl (C=O) groups is 1. The third-order valence-corrected chi connectivity index (χ3v) is 4.56. The molecule has 0 aromatic carbocycles. The van der Waals surface area contributed by atoms with E-state index in [0.717, 1.165) is 37.6 Å². The summed E-state index contributed by atoms with van der Waals surface area (Å²) in [4.78, 5) is 11.9. The van der Waals surface area contributed by atoms with Crippen LogP contribution in [0, 0.1) is 11.8 Å². The number of nitrogens with one attached hydrogen (secondary N) is 1. The van der Waals surface area contributed by atoms with Crippen LogP contribution in [0.3, 0.4) is 0 Å². The van der Waals surface area contributed by atoms with Gasteiger partial charge < -0.3 is 15.8 Å². The fourth-order valence-electron chi connectivity index (χ4n) is 3.41. The summed E-state index contributed by atoms with van der Waals surface area (Å²) in [6.45, 7) is 3.65. The highest BCUT2D eigenvalue weighted by Crippen LogP contribution is 2.30. The van der Waals surface area contributed by atoms with E-state index in [9.17, 15) is 4.79 Å². The number of carbonyl (C=O) groups excluding carboxylic acids is 1. The quantitative estimate of drug-likeness (QED) is 0.799. The van der Waals surface area contributed by atoms with Crippen LogP contribution in [0.15, 0.2) is 0 Å². The molecule has 2 fully saturated rings. The van der Waals surface area contributed by atoms with Crippen molar-refractivity contribution in [3.63, 3.8) is 0 Å². The maximum atomic E-state index is 11.9. The predicted octanol–water partition coefficient (Wildman–Crippen LogP) is 1.83. The van der Waals surface area contributed by atoms with Gasteiger partial charge >= 0.3 is 0 Å². The van der Waals surface area contributed by atoms with Gasteiger partial charge in [0.25, 0.3) is 0 Å². The fraction of sp³-hybridized carbons (Fsp3) is 0.933. The van der Waals surface area contributed by atoms with Crippen LogP contribution in [0.4, 0.5) is 0 Å². The summed E-state index contributed by atoms with van der Waals surface area (Å²) in [7, 11) is 0. The molecule has 2 rings (SSSR count). The van der Waals surface area contributed by atoms with Crippen LogP contribution in [-0.2, 0) is 9.53 Å². The first kappa shape index (κ1) is 14.8. The number of hydrogen-bond donors (Lipinski definition) is 2. The largest absolute Gasteiger partial charge is 0.364 e. The van der Waals surface area contributed by atoms with Crippen LogP contribution in [0.5, 0.6) is 0 Å². The zero-order valence-electron chi connectivity index (χ0n) is 12.1. The molecule has 1 saturated heterocycles. The van der Waals surface area contributed by atoms with Crippen molar-refractivity contribution in [3.05, 3.63) is 0 Å². The van der Waals surface area contributed by atoms with Gasteiger partial charge in [-0.15, -0.1) is 0 Å². The summed E-state index contributed by atoms with van der Waals surface area (Å²) in [6.07, 6.45) is 8.03. The molecule has 4 nitrogen and oxygen atoms in total. The molecule has 1 amide bonds. The van der Waals surface area contributed by atoms with Crippen LogP contribution in [-0.4, -0.2) is 31.2 Å². The smallest absolute Gasteiger partial charge is 0.249 e. The molecule has 0 radical (unpaired) electrons. The van der Waals surface area contributed by atoms with Crippen molar-refractivity contribution in [1.82, 2.24) is 5.32 Å². The molecule has 3 N–H and O–H groups in total. The highest BCUT2D eigenvalue weighted by Gasteiger charge is 2.29. The van der Waals surface area contributed by atoms with E-state index in [1.54, 1.807) is 0 Å². The summed E-state index contributed by atoms with van der Waals surface area (Å²) >= 11 is 0. The van der Waals surface area contributed by atoms with Gasteiger partial charge in [-0.1, -0.05) is 26.2 Å². The lowest BCUT2D eigenvalue weighted by molar-refractivity contribution is -0.131. The van der Waals surface area contributed by atoms with E-state index in [0.29, 0.717) is 6.54 Å². The van der Waals surface area contributed by atoms with E-state index < -0.39 is 0 Å². The first-order valence-corrected chi connectivity index (χ1v) is 7.82. The van der Waals surface area contributed by atoms with E-state index in [-0.39, 0.29) is 18.1 Å². The van der Waals surface area contributed by atoms with Gasteiger partial charge in [0, 0.05) is 13.1 Å². The third-order valence-electron chi connectivity index (χ3n) is 4.56. The van der Waals surface area contributed by atoms with Crippen molar-refractivity contribution in [1.29, 1.82) is 0 Å². The van der Waals surface area contributed by atoms with Crippen LogP contribution in [0.25, 0.3) is 0 Å². The van der Waals surface area contributed by atoms with Crippen LogP contribution >= 0.6 is 0 Å². The first-order chi connectivity index (χ1) is 9.19. The second-order valence-corrected chi connectivity index (χ2v) is 6.28. The number of rotatable bonds is 5. The summed E-state index contributed by atoms with van der Waals surface area (Å²) < 4.78 is 5.59. The van der Waals surface area contributed by atoms with Gasteiger partial charge in [0.05, 0.1) is 6.10 Å². The molecule has 4 unspecified atom stereocenters. The zero-order valence-corrected chi connectivity index (χ0v) is 12.1. The number of ether oxygens (including phenoxy) is 1. The standard InChI is InChI=1S/C15H28N2O2/c1-11-3-2-4-12(9-11)7-8-17-15(18)14-6-5-13(10-16)19-14/h11-14H,2-10,16H2,1H3,(H,17,18). The maximum absolute atomic E-state index is 11.9. The topological polar surface area (TPSA) is 64.4 Å². The van der Waals surface area contributed by atoms with Gasteiger partial charge in [-0.2, -0.15) is 0 Å². The molecular weight excluding hydrogens is 240 g/mol.